The van der Waals surface area contributed by atoms with Crippen molar-refractivity contribution in [1.29, 1.82) is 0 Å². The molecular formula is C18H21N3O5. The fourth-order valence-electron chi connectivity index (χ4n) is 3.62. The van der Waals surface area contributed by atoms with Gasteiger partial charge in [-0.1, -0.05) is 24.3 Å². The molecule has 1 fully saturated rings. The smallest absolute Gasteiger partial charge is 0.352 e. The third-order valence-electron chi connectivity index (χ3n) is 4.91. The quantitative estimate of drug-likeness (QED) is 0.572. The van der Waals surface area contributed by atoms with E-state index in [9.17, 15) is 24.6 Å². The van der Waals surface area contributed by atoms with Crippen LogP contribution in [0.25, 0.3) is 5.57 Å². The van der Waals surface area contributed by atoms with Gasteiger partial charge in [0.05, 0.1) is 18.1 Å². The molecule has 3 rings (SSSR count). The van der Waals surface area contributed by atoms with E-state index in [1.165, 1.54) is 11.9 Å². The van der Waals surface area contributed by atoms with E-state index in [-0.39, 0.29) is 23.7 Å². The highest BCUT2D eigenvalue weighted by atomic mass is 16.4. The van der Waals surface area contributed by atoms with Gasteiger partial charge in [-0.3, -0.25) is 4.79 Å². The molecule has 0 radical (unpaired) electrons. The zero-order chi connectivity index (χ0) is 19.0. The second-order valence-electron chi connectivity index (χ2n) is 6.51. The number of nitrogens with one attached hydrogen (secondary N) is 2. The molecule has 0 aliphatic carbocycles. The summed E-state index contributed by atoms with van der Waals surface area (Å²) in [7, 11) is 1.53. The summed E-state index contributed by atoms with van der Waals surface area (Å²) in [6.45, 7) is 1.90. The van der Waals surface area contributed by atoms with Crippen molar-refractivity contribution in [3.63, 3.8) is 0 Å². The van der Waals surface area contributed by atoms with E-state index >= 15 is 0 Å². The fraction of sp³-hybridized carbons (Fsp3) is 0.389. The molecule has 26 heavy (non-hydrogen) atoms. The molecular weight excluding hydrogens is 338 g/mol. The van der Waals surface area contributed by atoms with Crippen molar-refractivity contribution < 1.29 is 24.6 Å². The number of carbonyl (C=O) groups is 3. The van der Waals surface area contributed by atoms with Gasteiger partial charge in [-0.05, 0) is 30.0 Å². The maximum atomic E-state index is 12.2. The third kappa shape index (κ3) is 2.92. The number of hydrogen-bond donors (Lipinski definition) is 4. The van der Waals surface area contributed by atoms with Gasteiger partial charge >= 0.3 is 12.0 Å². The molecule has 3 amide bonds. The Hall–Kier alpha value is -2.87. The van der Waals surface area contributed by atoms with E-state index in [2.05, 4.69) is 10.6 Å². The summed E-state index contributed by atoms with van der Waals surface area (Å²) in [5.41, 5.74) is 2.17. The normalized spacial score (nSPS) is 22.6. The number of hydrogen-bond acceptors (Lipinski definition) is 4. The van der Waals surface area contributed by atoms with Crippen molar-refractivity contribution in [2.45, 2.75) is 32.0 Å². The summed E-state index contributed by atoms with van der Waals surface area (Å²) < 4.78 is 0. The summed E-state index contributed by atoms with van der Waals surface area (Å²) in [5, 5.41) is 24.5. The molecule has 4 N–H and O–H groups in total. The lowest BCUT2D eigenvalue weighted by atomic mass is 9.82. The predicted octanol–water partition coefficient (Wildman–Crippen LogP) is 0.523. The highest BCUT2D eigenvalue weighted by molar-refractivity contribution is 6.06. The first-order valence-corrected chi connectivity index (χ1v) is 8.37. The number of aliphatic hydroxyl groups is 1. The van der Waals surface area contributed by atoms with E-state index in [4.69, 9.17) is 0 Å². The van der Waals surface area contributed by atoms with Crippen LogP contribution in [-0.4, -0.2) is 52.2 Å². The Balaban J connectivity index is 1.83. The largest absolute Gasteiger partial charge is 0.477 e. The second-order valence-corrected chi connectivity index (χ2v) is 6.51. The van der Waals surface area contributed by atoms with Crippen molar-refractivity contribution in [3.05, 3.63) is 41.1 Å². The molecule has 2 aliphatic rings. The maximum absolute atomic E-state index is 12.2. The van der Waals surface area contributed by atoms with Crippen molar-refractivity contribution in [2.75, 3.05) is 7.05 Å². The van der Waals surface area contributed by atoms with Crippen LogP contribution >= 0.6 is 0 Å². The van der Waals surface area contributed by atoms with Crippen LogP contribution in [0.3, 0.4) is 0 Å². The number of amides is 3. The number of nitrogens with zero attached hydrogens (tertiary/aromatic N) is 1. The number of urea groups is 1. The van der Waals surface area contributed by atoms with E-state index in [0.717, 1.165) is 11.1 Å². The molecule has 1 unspecified atom stereocenters. The van der Waals surface area contributed by atoms with Crippen LogP contribution < -0.4 is 10.6 Å². The fourth-order valence-corrected chi connectivity index (χ4v) is 3.62. The number of carbonyl (C=O) groups excluding carboxylic acids is 2. The first kappa shape index (κ1) is 17.9. The molecule has 0 spiro atoms. The number of β-lactam (4-membered cyclic amide) rings is 1. The standard InChI is InChI=1S/C18H21N3O5/c1-9(22)14-13-7-12(15(17(24)25)21(13)16(14)23)11-5-3-10(4-6-11)8-20-18(26)19-2/h3-6,9,13-14,22H,7-8H2,1-2H3,(H,24,25)(H2,19,20,26)/t9-,13+,14?/m1/s1. The van der Waals surface area contributed by atoms with Gasteiger partial charge in [0.15, 0.2) is 0 Å². The molecule has 1 saturated heterocycles. The Morgan fingerprint density at radius 1 is 1.31 bits per heavy atom. The summed E-state index contributed by atoms with van der Waals surface area (Å²) in [6, 6.07) is 6.59. The number of rotatable bonds is 5. The van der Waals surface area contributed by atoms with Crippen LogP contribution in [0.2, 0.25) is 0 Å². The van der Waals surface area contributed by atoms with Crippen molar-refractivity contribution in [1.82, 2.24) is 15.5 Å². The van der Waals surface area contributed by atoms with Crippen LogP contribution in [0.4, 0.5) is 4.79 Å². The molecule has 0 saturated carbocycles. The summed E-state index contributed by atoms with van der Waals surface area (Å²) in [5.74, 6) is -2.05. The second kappa shape index (κ2) is 6.80. The predicted molar refractivity (Wildman–Crippen MR) is 92.7 cm³/mol. The van der Waals surface area contributed by atoms with Gasteiger partial charge in [0.2, 0.25) is 5.91 Å². The van der Waals surface area contributed by atoms with Gasteiger partial charge in [-0.2, -0.15) is 0 Å². The highest BCUT2D eigenvalue weighted by Crippen LogP contribution is 2.46. The molecule has 8 heteroatoms. The lowest BCUT2D eigenvalue weighted by molar-refractivity contribution is -0.161. The number of carboxylic acids is 1. The Morgan fingerprint density at radius 3 is 2.50 bits per heavy atom. The molecule has 1 aromatic carbocycles. The van der Waals surface area contributed by atoms with Gasteiger partial charge in [0.25, 0.3) is 0 Å². The maximum Gasteiger partial charge on any atom is 0.352 e. The summed E-state index contributed by atoms with van der Waals surface area (Å²) >= 11 is 0. The lowest BCUT2D eigenvalue weighted by Crippen LogP contribution is -2.61. The first-order valence-electron chi connectivity index (χ1n) is 8.37. The molecule has 2 aliphatic heterocycles. The molecule has 1 aromatic rings. The van der Waals surface area contributed by atoms with Crippen molar-refractivity contribution in [2.24, 2.45) is 5.92 Å². The highest BCUT2D eigenvalue weighted by Gasteiger charge is 2.56. The van der Waals surface area contributed by atoms with Crippen LogP contribution in [-0.2, 0) is 16.1 Å². The van der Waals surface area contributed by atoms with E-state index in [0.29, 0.717) is 18.5 Å². The van der Waals surface area contributed by atoms with Gasteiger partial charge in [0, 0.05) is 13.6 Å². The van der Waals surface area contributed by atoms with Gasteiger partial charge in [-0.15, -0.1) is 0 Å². The monoisotopic (exact) mass is 359 g/mol. The number of aliphatic carboxylic acids is 1. The van der Waals surface area contributed by atoms with Gasteiger partial charge in [-0.25, -0.2) is 9.59 Å². The van der Waals surface area contributed by atoms with Gasteiger partial charge < -0.3 is 25.7 Å². The number of aliphatic hydroxyl groups excluding tert-OH is 1. The van der Waals surface area contributed by atoms with E-state index in [1.54, 1.807) is 31.2 Å². The molecule has 138 valence electrons. The molecule has 2 heterocycles. The average Bonchev–Trinajstić information content (AvgIpc) is 2.95. The number of fused-ring (bicyclic) bond motifs is 1. The minimum Gasteiger partial charge on any atom is -0.477 e. The Morgan fingerprint density at radius 2 is 1.96 bits per heavy atom. The SMILES string of the molecule is CNC(=O)NCc1ccc(C2=C(C(=O)O)N3C(=O)C([C@@H](C)O)[C@@H]3C2)cc1. The first-order chi connectivity index (χ1) is 12.3. The van der Waals surface area contributed by atoms with Crippen LogP contribution in [0, 0.1) is 5.92 Å². The zero-order valence-corrected chi connectivity index (χ0v) is 14.5. The Bertz CT molecular complexity index is 785. The molecule has 3 atom stereocenters. The summed E-state index contributed by atoms with van der Waals surface area (Å²) in [6.07, 6.45) is -0.407. The van der Waals surface area contributed by atoms with E-state index < -0.39 is 18.0 Å². The molecule has 8 nitrogen and oxygen atoms in total. The summed E-state index contributed by atoms with van der Waals surface area (Å²) in [4.78, 5) is 36.4. The average molecular weight is 359 g/mol. The van der Waals surface area contributed by atoms with Crippen LogP contribution in [0.15, 0.2) is 30.0 Å². The van der Waals surface area contributed by atoms with Crippen molar-refractivity contribution >= 4 is 23.5 Å². The third-order valence-corrected chi connectivity index (χ3v) is 4.91. The van der Waals surface area contributed by atoms with Crippen LogP contribution in [0.5, 0.6) is 0 Å². The Kier molecular flexibility index (Phi) is 4.69. The Labute approximate surface area is 150 Å². The molecule has 0 aromatic heterocycles. The van der Waals surface area contributed by atoms with Crippen molar-refractivity contribution in [3.8, 4) is 0 Å². The number of benzene rings is 1. The van der Waals surface area contributed by atoms with Crippen LogP contribution in [0.1, 0.15) is 24.5 Å². The minimum atomic E-state index is -1.15. The zero-order valence-electron chi connectivity index (χ0n) is 14.5. The van der Waals surface area contributed by atoms with E-state index in [1.807, 2.05) is 0 Å². The lowest BCUT2D eigenvalue weighted by Gasteiger charge is -2.44. The number of carboxylic acid groups (broad SMARTS) is 1. The van der Waals surface area contributed by atoms with Gasteiger partial charge in [0.1, 0.15) is 5.70 Å². The minimum absolute atomic E-state index is 0.00636. The molecule has 0 bridgehead atoms. The topological polar surface area (TPSA) is 119 Å².